The monoisotopic (exact) mass is 806 g/mol. The number of hydrogen-bond acceptors (Lipinski definition) is 2. The average molecular weight is 807 g/mol. The van der Waals surface area contributed by atoms with Crippen molar-refractivity contribution >= 4 is 57.5 Å². The van der Waals surface area contributed by atoms with Crippen LogP contribution >= 0.6 is 24.4 Å². The van der Waals surface area contributed by atoms with Crippen molar-refractivity contribution in [3.05, 3.63) is 118 Å². The minimum atomic E-state index is -0.157. The van der Waals surface area contributed by atoms with E-state index in [-0.39, 0.29) is 10.3 Å². The van der Waals surface area contributed by atoms with Gasteiger partial charge in [0.15, 0.2) is 0 Å². The van der Waals surface area contributed by atoms with Crippen molar-refractivity contribution in [3.8, 4) is 0 Å². The molecule has 0 aliphatic rings. The summed E-state index contributed by atoms with van der Waals surface area (Å²) in [6, 6.07) is 29.6. The van der Waals surface area contributed by atoms with Crippen LogP contribution in [0.5, 0.6) is 0 Å². The first-order chi connectivity index (χ1) is 27.9. The van der Waals surface area contributed by atoms with Crippen molar-refractivity contribution in [2.75, 3.05) is 9.80 Å². The Morgan fingerprint density at radius 3 is 1.05 bits per heavy atom. The second-order valence-corrected chi connectivity index (χ2v) is 16.5. The summed E-state index contributed by atoms with van der Waals surface area (Å²) in [4.78, 5) is 3.78. The quantitative estimate of drug-likeness (QED) is 0.0487. The Labute approximate surface area is 356 Å². The fourth-order valence-corrected chi connectivity index (χ4v) is 8.68. The molecule has 0 amide bonds. The summed E-state index contributed by atoms with van der Waals surface area (Å²) in [5.74, 6) is 0. The molecule has 0 bridgehead atoms. The number of aliphatic hydroxyl groups is 2. The molecule has 4 rings (SSSR count). The van der Waals surface area contributed by atoms with Crippen LogP contribution in [0, 0.1) is 0 Å². The third-order valence-corrected chi connectivity index (χ3v) is 11.7. The van der Waals surface area contributed by atoms with E-state index in [4.69, 9.17) is 24.4 Å². The maximum atomic E-state index is 11.4. The third-order valence-electron chi connectivity index (χ3n) is 11.4. The number of thiocarbonyl (C=S) groups is 2. The van der Waals surface area contributed by atoms with Gasteiger partial charge in [0.2, 0.25) is 0 Å². The Hall–Kier alpha value is -3.74. The summed E-state index contributed by atoms with van der Waals surface area (Å²) in [6.07, 6.45) is 23.6. The largest absolute Gasteiger partial charge is 0.486 e. The standard InChI is InChI=1S/C51H70N2O2S2/c1-5-9-13-17-27-40-31-25-37-48(44(40)33-19-15-11-7-3)52(50(54)56)46-35-23-21-29-42(46)39-43-30-22-24-36-47(43)53(51(55)57)49-38-26-32-41(28-18-14-10-6-2)45(49)34-20-16-12-8-4/h21-26,29-32,35-38H,5-20,27-28,33-34,39H2,1-4H3,(H,54,56)(H,55,57). The first-order valence-corrected chi connectivity index (χ1v) is 23.1. The Morgan fingerprint density at radius 1 is 0.386 bits per heavy atom. The number of nitrogens with zero attached hydrogens (tertiary/aromatic N) is 2. The lowest BCUT2D eigenvalue weighted by Crippen LogP contribution is -2.27. The van der Waals surface area contributed by atoms with Crippen LogP contribution in [0.3, 0.4) is 0 Å². The Morgan fingerprint density at radius 2 is 0.702 bits per heavy atom. The molecule has 0 heterocycles. The van der Waals surface area contributed by atoms with Gasteiger partial charge in [-0.05, 0) is 133 Å². The SMILES string of the molecule is CCCCCCc1cccc(N(C(O)=S)c2ccccc2Cc2ccccc2N(C(O)=S)c2cccc(CCCCCC)c2CCCCCC)c1CCCCCC. The number of unbranched alkanes of at least 4 members (excludes halogenated alkanes) is 12. The second kappa shape index (κ2) is 25.6. The molecule has 6 heteroatoms. The third kappa shape index (κ3) is 13.7. The molecule has 0 aliphatic heterocycles. The molecule has 0 radical (unpaired) electrons. The molecule has 57 heavy (non-hydrogen) atoms. The van der Waals surface area contributed by atoms with Gasteiger partial charge < -0.3 is 10.2 Å². The van der Waals surface area contributed by atoms with Gasteiger partial charge in [-0.15, -0.1) is 0 Å². The highest BCUT2D eigenvalue weighted by atomic mass is 32.1. The molecular weight excluding hydrogens is 737 g/mol. The molecule has 2 N–H and O–H groups in total. The van der Waals surface area contributed by atoms with E-state index in [0.29, 0.717) is 6.42 Å². The highest BCUT2D eigenvalue weighted by Gasteiger charge is 2.25. The molecule has 4 nitrogen and oxygen atoms in total. The highest BCUT2D eigenvalue weighted by molar-refractivity contribution is 7.80. The lowest BCUT2D eigenvalue weighted by molar-refractivity contribution is 0.556. The molecule has 0 saturated carbocycles. The molecule has 0 fully saturated rings. The number of para-hydroxylation sites is 2. The highest BCUT2D eigenvalue weighted by Crippen LogP contribution is 2.39. The first-order valence-electron chi connectivity index (χ1n) is 22.3. The zero-order chi connectivity index (χ0) is 40.8. The van der Waals surface area contributed by atoms with Crippen LogP contribution in [0.15, 0.2) is 84.9 Å². The van der Waals surface area contributed by atoms with Gasteiger partial charge in [0.25, 0.3) is 10.3 Å². The number of benzene rings is 4. The number of hydrogen-bond donors (Lipinski definition) is 2. The van der Waals surface area contributed by atoms with Crippen molar-refractivity contribution in [2.45, 2.75) is 163 Å². The van der Waals surface area contributed by atoms with Crippen molar-refractivity contribution in [1.82, 2.24) is 0 Å². The predicted octanol–water partition coefficient (Wildman–Crippen LogP) is 15.7. The van der Waals surface area contributed by atoms with E-state index >= 15 is 0 Å². The van der Waals surface area contributed by atoms with Gasteiger partial charge in [-0.2, -0.15) is 0 Å². The summed E-state index contributed by atoms with van der Waals surface area (Å²) in [6.45, 7) is 9.02. The minimum Gasteiger partial charge on any atom is -0.486 e. The van der Waals surface area contributed by atoms with E-state index < -0.39 is 0 Å². The number of aryl methyl sites for hydroxylation is 2. The molecule has 4 aromatic rings. The number of anilines is 4. The molecule has 4 aromatic carbocycles. The van der Waals surface area contributed by atoms with Crippen LogP contribution in [0.4, 0.5) is 22.7 Å². The molecule has 0 unspecified atom stereocenters. The molecular formula is C51H70N2O2S2. The van der Waals surface area contributed by atoms with Gasteiger partial charge in [-0.25, -0.2) is 0 Å². The summed E-state index contributed by atoms with van der Waals surface area (Å²) in [7, 11) is 0. The van der Waals surface area contributed by atoms with E-state index in [1.54, 1.807) is 0 Å². The summed E-state index contributed by atoms with van der Waals surface area (Å²) >= 11 is 11.4. The Kier molecular flexibility index (Phi) is 20.6. The van der Waals surface area contributed by atoms with E-state index in [9.17, 15) is 10.2 Å². The number of aliphatic hydroxyl groups excluding tert-OH is 2. The fraction of sp³-hybridized carbons (Fsp3) is 0.490. The van der Waals surface area contributed by atoms with E-state index in [1.165, 1.54) is 99.3 Å². The molecule has 0 aliphatic carbocycles. The smallest absolute Gasteiger partial charge is 0.266 e. The van der Waals surface area contributed by atoms with Gasteiger partial charge in [-0.3, -0.25) is 9.80 Å². The van der Waals surface area contributed by atoms with Crippen molar-refractivity contribution in [2.24, 2.45) is 0 Å². The van der Waals surface area contributed by atoms with Crippen molar-refractivity contribution in [1.29, 1.82) is 0 Å². The lowest BCUT2D eigenvalue weighted by atomic mass is 9.93. The Balaban J connectivity index is 1.78. The van der Waals surface area contributed by atoms with Crippen LogP contribution in [0.2, 0.25) is 0 Å². The van der Waals surface area contributed by atoms with Crippen molar-refractivity contribution < 1.29 is 10.2 Å². The van der Waals surface area contributed by atoms with Gasteiger partial charge in [0, 0.05) is 6.42 Å². The maximum absolute atomic E-state index is 11.4. The predicted molar refractivity (Wildman–Crippen MR) is 255 cm³/mol. The first kappa shape index (κ1) is 46.0. The molecule has 0 aromatic heterocycles. The van der Waals surface area contributed by atoms with E-state index in [2.05, 4.69) is 100 Å². The molecule has 0 atom stereocenters. The van der Waals surface area contributed by atoms with Crippen LogP contribution in [-0.4, -0.2) is 20.6 Å². The molecule has 308 valence electrons. The van der Waals surface area contributed by atoms with E-state index in [1.807, 2.05) is 21.9 Å². The van der Waals surface area contributed by atoms with E-state index in [0.717, 1.165) is 85.2 Å². The second-order valence-electron chi connectivity index (χ2n) is 15.7. The molecule has 0 spiro atoms. The summed E-state index contributed by atoms with van der Waals surface area (Å²) in [5, 5.41) is 22.5. The molecule has 0 saturated heterocycles. The van der Waals surface area contributed by atoms with Gasteiger partial charge >= 0.3 is 0 Å². The average Bonchev–Trinajstić information content (AvgIpc) is 3.21. The summed E-state index contributed by atoms with van der Waals surface area (Å²) < 4.78 is 0. The zero-order valence-electron chi connectivity index (χ0n) is 35.5. The Bertz CT molecular complexity index is 1690. The zero-order valence-corrected chi connectivity index (χ0v) is 37.2. The van der Waals surface area contributed by atoms with Crippen LogP contribution in [0.1, 0.15) is 164 Å². The topological polar surface area (TPSA) is 46.9 Å². The summed E-state index contributed by atoms with van der Waals surface area (Å²) in [5.41, 5.74) is 11.0. The van der Waals surface area contributed by atoms with Crippen LogP contribution < -0.4 is 9.80 Å². The minimum absolute atomic E-state index is 0.157. The van der Waals surface area contributed by atoms with Gasteiger partial charge in [0.05, 0.1) is 22.7 Å². The van der Waals surface area contributed by atoms with Gasteiger partial charge in [-0.1, -0.05) is 165 Å². The fourth-order valence-electron chi connectivity index (χ4n) is 8.28. The number of rotatable bonds is 26. The lowest BCUT2D eigenvalue weighted by Gasteiger charge is -2.30. The van der Waals surface area contributed by atoms with Gasteiger partial charge in [0.1, 0.15) is 0 Å². The van der Waals surface area contributed by atoms with Crippen molar-refractivity contribution in [3.63, 3.8) is 0 Å². The van der Waals surface area contributed by atoms with Crippen LogP contribution in [0.25, 0.3) is 0 Å². The van der Waals surface area contributed by atoms with Crippen LogP contribution in [-0.2, 0) is 32.1 Å². The normalized spacial score (nSPS) is 11.2. The maximum Gasteiger partial charge on any atom is 0.266 e.